The molecule has 1 aromatic carbocycles. The van der Waals surface area contributed by atoms with Crippen LogP contribution >= 0.6 is 0 Å². The molecule has 1 aliphatic rings. The number of nitrogens with one attached hydrogen (secondary N) is 1. The number of hydrogen-bond donors (Lipinski definition) is 1. The molecule has 7 nitrogen and oxygen atoms in total. The summed E-state index contributed by atoms with van der Waals surface area (Å²) < 4.78 is 0. The molecule has 0 amide bonds. The van der Waals surface area contributed by atoms with E-state index in [-0.39, 0.29) is 5.69 Å². The molecule has 0 aliphatic carbocycles. The van der Waals surface area contributed by atoms with Gasteiger partial charge in [-0.1, -0.05) is 12.1 Å². The van der Waals surface area contributed by atoms with E-state index in [0.29, 0.717) is 5.95 Å². The van der Waals surface area contributed by atoms with Crippen molar-refractivity contribution in [2.24, 2.45) is 0 Å². The Morgan fingerprint density at radius 2 is 1.79 bits per heavy atom. The number of nitrogens with zero attached hydrogens (tertiary/aromatic N) is 4. The summed E-state index contributed by atoms with van der Waals surface area (Å²) in [7, 11) is 0. The normalized spacial score (nSPS) is 14.7. The second-order valence-corrected chi connectivity index (χ2v) is 6.00. The Hall–Kier alpha value is -2.54. The molecule has 126 valence electrons. The van der Waals surface area contributed by atoms with Crippen molar-refractivity contribution in [3.8, 4) is 0 Å². The third-order valence-corrected chi connectivity index (χ3v) is 4.20. The van der Waals surface area contributed by atoms with Crippen molar-refractivity contribution in [1.29, 1.82) is 0 Å². The van der Waals surface area contributed by atoms with Crippen LogP contribution in [0.15, 0.2) is 36.7 Å². The Morgan fingerprint density at radius 3 is 2.42 bits per heavy atom. The molecule has 1 aromatic heterocycles. The number of nitro groups is 1. The molecular formula is C17H21N5O2. The summed E-state index contributed by atoms with van der Waals surface area (Å²) in [5.41, 5.74) is 2.06. The summed E-state index contributed by atoms with van der Waals surface area (Å²) in [5, 5.41) is 13.6. The number of rotatable bonds is 7. The number of likely N-dealkylation sites (tertiary alicyclic amines) is 1. The van der Waals surface area contributed by atoms with Crippen molar-refractivity contribution in [3.63, 3.8) is 0 Å². The second-order valence-electron chi connectivity index (χ2n) is 6.00. The standard InChI is InChI=1S/C17H21N5O2/c23-22(24)16-12-18-17(19-13-16)20-15-7-5-14(6-8-15)4-3-11-21-9-1-2-10-21/h5-8,12-13H,1-4,9-11H2,(H,18,19,20). The fourth-order valence-electron chi connectivity index (χ4n) is 2.88. The van der Waals surface area contributed by atoms with E-state index in [1.165, 1.54) is 56.9 Å². The minimum absolute atomic E-state index is 0.117. The molecule has 0 radical (unpaired) electrons. The Morgan fingerprint density at radius 1 is 1.12 bits per heavy atom. The van der Waals surface area contributed by atoms with Gasteiger partial charge in [-0.25, -0.2) is 9.97 Å². The number of benzene rings is 1. The first-order valence-electron chi connectivity index (χ1n) is 8.25. The van der Waals surface area contributed by atoms with Gasteiger partial charge in [-0.05, 0) is 63.0 Å². The lowest BCUT2D eigenvalue weighted by atomic mass is 10.1. The van der Waals surface area contributed by atoms with Crippen LogP contribution in [0, 0.1) is 10.1 Å². The van der Waals surface area contributed by atoms with E-state index in [1.54, 1.807) is 0 Å². The van der Waals surface area contributed by atoms with Crippen molar-refractivity contribution in [1.82, 2.24) is 14.9 Å². The molecule has 1 N–H and O–H groups in total. The van der Waals surface area contributed by atoms with E-state index in [9.17, 15) is 10.1 Å². The van der Waals surface area contributed by atoms with Crippen LogP contribution < -0.4 is 5.32 Å². The highest BCUT2D eigenvalue weighted by molar-refractivity contribution is 5.53. The van der Waals surface area contributed by atoms with E-state index in [0.717, 1.165) is 12.1 Å². The predicted molar refractivity (Wildman–Crippen MR) is 92.4 cm³/mol. The molecule has 0 atom stereocenters. The highest BCUT2D eigenvalue weighted by atomic mass is 16.6. The summed E-state index contributed by atoms with van der Waals surface area (Å²) >= 11 is 0. The number of anilines is 2. The maximum absolute atomic E-state index is 10.6. The monoisotopic (exact) mass is 327 g/mol. The average molecular weight is 327 g/mol. The molecule has 0 bridgehead atoms. The zero-order valence-electron chi connectivity index (χ0n) is 13.5. The molecule has 1 saturated heterocycles. The van der Waals surface area contributed by atoms with Gasteiger partial charge in [0.05, 0.1) is 4.92 Å². The van der Waals surface area contributed by atoms with Gasteiger partial charge < -0.3 is 10.2 Å². The topological polar surface area (TPSA) is 84.2 Å². The van der Waals surface area contributed by atoms with Gasteiger partial charge >= 0.3 is 5.69 Å². The van der Waals surface area contributed by atoms with Crippen LogP contribution in [-0.2, 0) is 6.42 Å². The first-order valence-corrected chi connectivity index (χ1v) is 8.25. The largest absolute Gasteiger partial charge is 0.324 e. The smallest absolute Gasteiger partial charge is 0.305 e. The summed E-state index contributed by atoms with van der Waals surface area (Å²) in [5.74, 6) is 0.349. The molecule has 7 heteroatoms. The zero-order valence-corrected chi connectivity index (χ0v) is 13.5. The van der Waals surface area contributed by atoms with Gasteiger partial charge in [0.1, 0.15) is 12.4 Å². The molecule has 1 fully saturated rings. The number of aromatic nitrogens is 2. The van der Waals surface area contributed by atoms with Gasteiger partial charge in [-0.2, -0.15) is 0 Å². The first kappa shape index (κ1) is 16.3. The van der Waals surface area contributed by atoms with Crippen LogP contribution in [0.4, 0.5) is 17.3 Å². The Labute approximate surface area is 140 Å². The van der Waals surface area contributed by atoms with Crippen molar-refractivity contribution >= 4 is 17.3 Å². The highest BCUT2D eigenvalue weighted by Gasteiger charge is 2.10. The first-order chi connectivity index (χ1) is 11.7. The molecule has 0 saturated carbocycles. The minimum Gasteiger partial charge on any atom is -0.324 e. The van der Waals surface area contributed by atoms with Gasteiger partial charge in [-0.15, -0.1) is 0 Å². The Balaban J connectivity index is 1.49. The maximum Gasteiger partial charge on any atom is 0.305 e. The minimum atomic E-state index is -0.513. The highest BCUT2D eigenvalue weighted by Crippen LogP contribution is 2.16. The molecule has 24 heavy (non-hydrogen) atoms. The van der Waals surface area contributed by atoms with Gasteiger partial charge in [0, 0.05) is 5.69 Å². The predicted octanol–water partition coefficient (Wildman–Crippen LogP) is 3.16. The van der Waals surface area contributed by atoms with Crippen LogP contribution in [0.5, 0.6) is 0 Å². The average Bonchev–Trinajstić information content (AvgIpc) is 3.10. The van der Waals surface area contributed by atoms with E-state index in [4.69, 9.17) is 0 Å². The third kappa shape index (κ3) is 4.48. The van der Waals surface area contributed by atoms with Crippen LogP contribution in [0.3, 0.4) is 0 Å². The van der Waals surface area contributed by atoms with E-state index in [1.807, 2.05) is 12.1 Å². The van der Waals surface area contributed by atoms with E-state index in [2.05, 4.69) is 32.3 Å². The van der Waals surface area contributed by atoms with Gasteiger partial charge in [-0.3, -0.25) is 10.1 Å². The van der Waals surface area contributed by atoms with Crippen LogP contribution in [0.25, 0.3) is 0 Å². The zero-order chi connectivity index (χ0) is 16.8. The van der Waals surface area contributed by atoms with Gasteiger partial charge in [0.2, 0.25) is 5.95 Å². The lowest BCUT2D eigenvalue weighted by Gasteiger charge is -2.14. The van der Waals surface area contributed by atoms with Gasteiger partial charge in [0.15, 0.2) is 0 Å². The van der Waals surface area contributed by atoms with E-state index >= 15 is 0 Å². The van der Waals surface area contributed by atoms with Gasteiger partial charge in [0.25, 0.3) is 0 Å². The molecule has 3 rings (SSSR count). The van der Waals surface area contributed by atoms with E-state index < -0.39 is 4.92 Å². The lowest BCUT2D eigenvalue weighted by molar-refractivity contribution is -0.385. The van der Waals surface area contributed by atoms with Crippen LogP contribution in [0.1, 0.15) is 24.8 Å². The molecule has 1 aliphatic heterocycles. The Bertz CT molecular complexity index is 666. The molecule has 2 aromatic rings. The molecular weight excluding hydrogens is 306 g/mol. The fraction of sp³-hybridized carbons (Fsp3) is 0.412. The number of aryl methyl sites for hydroxylation is 1. The fourth-order valence-corrected chi connectivity index (χ4v) is 2.88. The quantitative estimate of drug-likeness (QED) is 0.621. The maximum atomic E-state index is 10.6. The van der Waals surface area contributed by atoms with Crippen molar-refractivity contribution in [3.05, 3.63) is 52.3 Å². The van der Waals surface area contributed by atoms with Crippen LogP contribution in [-0.4, -0.2) is 39.4 Å². The molecule has 0 unspecified atom stereocenters. The van der Waals surface area contributed by atoms with Crippen molar-refractivity contribution in [2.75, 3.05) is 25.0 Å². The Kier molecular flexibility index (Phi) is 5.32. The SMILES string of the molecule is O=[N+]([O-])c1cnc(Nc2ccc(CCCN3CCCC3)cc2)nc1. The second kappa shape index (κ2) is 7.83. The summed E-state index contributed by atoms with van der Waals surface area (Å²) in [6.07, 6.45) is 7.32. The summed E-state index contributed by atoms with van der Waals surface area (Å²) in [4.78, 5) is 20.5. The third-order valence-electron chi connectivity index (χ3n) is 4.20. The molecule has 2 heterocycles. The lowest BCUT2D eigenvalue weighted by Crippen LogP contribution is -2.20. The summed E-state index contributed by atoms with van der Waals surface area (Å²) in [6, 6.07) is 8.15. The van der Waals surface area contributed by atoms with Crippen molar-refractivity contribution in [2.45, 2.75) is 25.7 Å². The van der Waals surface area contributed by atoms with Crippen LogP contribution in [0.2, 0.25) is 0 Å². The molecule has 0 spiro atoms. The number of hydrogen-bond acceptors (Lipinski definition) is 6. The van der Waals surface area contributed by atoms with Crippen molar-refractivity contribution < 1.29 is 4.92 Å². The summed E-state index contributed by atoms with van der Waals surface area (Å²) in [6.45, 7) is 3.67.